The van der Waals surface area contributed by atoms with Crippen LogP contribution in [0.4, 0.5) is 0 Å². The summed E-state index contributed by atoms with van der Waals surface area (Å²) in [6.45, 7) is 6.36. The highest BCUT2D eigenvalue weighted by molar-refractivity contribution is 5.71. The summed E-state index contributed by atoms with van der Waals surface area (Å²) in [5.41, 5.74) is 0. The molecule has 0 aliphatic carbocycles. The van der Waals surface area contributed by atoms with Gasteiger partial charge in [0.15, 0.2) is 6.10 Å². The molecule has 0 saturated heterocycles. The molecule has 6 nitrogen and oxygen atoms in total. The minimum atomic E-state index is -0.808. The lowest BCUT2D eigenvalue weighted by Gasteiger charge is -2.18. The predicted molar refractivity (Wildman–Crippen MR) is 279 cm³/mol. The largest absolute Gasteiger partial charge is 0.462 e. The fourth-order valence-corrected chi connectivity index (χ4v) is 7.13. The highest BCUT2D eigenvalue weighted by atomic mass is 16.6. The molecule has 370 valence electrons. The van der Waals surface area contributed by atoms with Crippen LogP contribution in [-0.4, -0.2) is 37.2 Å². The summed E-state index contributed by atoms with van der Waals surface area (Å²) in [6.07, 6.45) is 69.6. The van der Waals surface area contributed by atoms with Crippen LogP contribution in [0.25, 0.3) is 0 Å². The third-order valence-electron chi connectivity index (χ3n) is 11.1. The van der Waals surface area contributed by atoms with Crippen LogP contribution in [0.2, 0.25) is 0 Å². The highest BCUT2D eigenvalue weighted by Crippen LogP contribution is 2.15. The van der Waals surface area contributed by atoms with Crippen LogP contribution in [0.3, 0.4) is 0 Å². The van der Waals surface area contributed by atoms with E-state index >= 15 is 0 Å². The van der Waals surface area contributed by atoms with Crippen molar-refractivity contribution in [1.82, 2.24) is 0 Å². The van der Waals surface area contributed by atoms with Gasteiger partial charge in [0.2, 0.25) is 0 Å². The van der Waals surface area contributed by atoms with Gasteiger partial charge >= 0.3 is 17.9 Å². The molecular formula is C59H98O6. The topological polar surface area (TPSA) is 78.9 Å². The number of unbranched alkanes of at least 4 members (excludes halogenated alkanes) is 20. The summed E-state index contributed by atoms with van der Waals surface area (Å²) in [4.78, 5) is 38.0. The first-order chi connectivity index (χ1) is 32.0. The van der Waals surface area contributed by atoms with Crippen molar-refractivity contribution in [3.05, 3.63) is 97.2 Å². The Hall–Kier alpha value is -3.67. The number of carbonyl (C=O) groups is 3. The molecule has 0 N–H and O–H groups in total. The van der Waals surface area contributed by atoms with E-state index in [0.29, 0.717) is 19.3 Å². The van der Waals surface area contributed by atoms with Crippen LogP contribution in [0.1, 0.15) is 239 Å². The van der Waals surface area contributed by atoms with Crippen molar-refractivity contribution in [3.8, 4) is 0 Å². The van der Waals surface area contributed by atoms with Gasteiger partial charge in [-0.2, -0.15) is 0 Å². The van der Waals surface area contributed by atoms with Crippen LogP contribution in [0, 0.1) is 0 Å². The fourth-order valence-electron chi connectivity index (χ4n) is 7.13. The number of hydrogen-bond acceptors (Lipinski definition) is 6. The second-order valence-corrected chi connectivity index (χ2v) is 17.4. The maximum absolute atomic E-state index is 12.8. The van der Waals surface area contributed by atoms with E-state index in [0.717, 1.165) is 116 Å². The summed E-state index contributed by atoms with van der Waals surface area (Å²) in [5.74, 6) is -0.967. The Bertz CT molecular complexity index is 1310. The van der Waals surface area contributed by atoms with Gasteiger partial charge in [0, 0.05) is 19.3 Å². The van der Waals surface area contributed by atoms with Crippen molar-refractivity contribution in [2.45, 2.75) is 245 Å². The Morgan fingerprint density at radius 3 is 0.969 bits per heavy atom. The number of ether oxygens (including phenoxy) is 3. The lowest BCUT2D eigenvalue weighted by atomic mass is 10.0. The summed E-state index contributed by atoms with van der Waals surface area (Å²) in [6, 6.07) is 0. The van der Waals surface area contributed by atoms with E-state index in [1.807, 2.05) is 0 Å². The Morgan fingerprint density at radius 2 is 0.600 bits per heavy atom. The molecule has 0 aliphatic heterocycles. The molecule has 0 saturated carbocycles. The molecule has 0 radical (unpaired) electrons. The summed E-state index contributed by atoms with van der Waals surface area (Å²) in [7, 11) is 0. The zero-order chi connectivity index (χ0) is 47.2. The zero-order valence-corrected chi connectivity index (χ0v) is 42.2. The minimum absolute atomic E-state index is 0.101. The Labute approximate surface area is 400 Å². The molecule has 0 rings (SSSR count). The van der Waals surface area contributed by atoms with Gasteiger partial charge in [0.25, 0.3) is 0 Å². The van der Waals surface area contributed by atoms with Gasteiger partial charge in [-0.15, -0.1) is 0 Å². The monoisotopic (exact) mass is 903 g/mol. The average molecular weight is 903 g/mol. The van der Waals surface area contributed by atoms with Gasteiger partial charge < -0.3 is 14.2 Å². The lowest BCUT2D eigenvalue weighted by Crippen LogP contribution is -2.30. The van der Waals surface area contributed by atoms with Gasteiger partial charge in [-0.1, -0.05) is 221 Å². The molecule has 0 heterocycles. The molecule has 0 aromatic rings. The first-order valence-electron chi connectivity index (χ1n) is 26.7. The fraction of sp³-hybridized carbons (Fsp3) is 0.678. The number of carbonyl (C=O) groups excluding carboxylic acids is 3. The molecular weight excluding hydrogens is 805 g/mol. The highest BCUT2D eigenvalue weighted by Gasteiger charge is 2.19. The van der Waals surface area contributed by atoms with E-state index in [4.69, 9.17) is 14.2 Å². The standard InChI is InChI=1S/C59H98O6/c1-4-7-10-13-16-19-22-25-28-29-32-34-37-40-43-46-49-52-58(61)64-55-56(65-59(62)53-50-47-44-41-38-35-31-27-24-21-18-15-12-9-6-3)54-63-57(60)51-48-45-42-39-36-33-30-26-23-20-17-14-11-8-5-2/h7,9-10,12,16,18-19,21,25,27-28,31-32,34,38,41,56H,4-6,8,11,13-15,17,20,22-24,26,29-30,33,35-37,39-40,42-55H2,1-3H3/b10-7-,12-9-,19-16-,21-18-,28-25-,31-27-,34-32-,41-38-. The first kappa shape index (κ1) is 61.3. The molecule has 0 amide bonds. The Morgan fingerprint density at radius 1 is 0.323 bits per heavy atom. The third-order valence-corrected chi connectivity index (χ3v) is 11.1. The van der Waals surface area contributed by atoms with Crippen molar-refractivity contribution in [2.75, 3.05) is 13.2 Å². The summed E-state index contributed by atoms with van der Waals surface area (Å²) in [5, 5.41) is 0. The van der Waals surface area contributed by atoms with Crippen molar-refractivity contribution in [2.24, 2.45) is 0 Å². The maximum atomic E-state index is 12.8. The van der Waals surface area contributed by atoms with Crippen LogP contribution in [-0.2, 0) is 28.6 Å². The van der Waals surface area contributed by atoms with Crippen LogP contribution in [0.5, 0.6) is 0 Å². The lowest BCUT2D eigenvalue weighted by molar-refractivity contribution is -0.167. The van der Waals surface area contributed by atoms with Crippen LogP contribution < -0.4 is 0 Å². The second kappa shape index (κ2) is 52.9. The number of rotatable bonds is 47. The van der Waals surface area contributed by atoms with E-state index in [9.17, 15) is 14.4 Å². The molecule has 65 heavy (non-hydrogen) atoms. The van der Waals surface area contributed by atoms with E-state index in [2.05, 4.69) is 118 Å². The number of esters is 3. The molecule has 0 aromatic carbocycles. The normalized spacial score (nSPS) is 12.8. The van der Waals surface area contributed by atoms with E-state index in [1.165, 1.54) is 77.0 Å². The molecule has 0 spiro atoms. The van der Waals surface area contributed by atoms with Crippen LogP contribution in [0.15, 0.2) is 97.2 Å². The van der Waals surface area contributed by atoms with Gasteiger partial charge in [0.1, 0.15) is 13.2 Å². The van der Waals surface area contributed by atoms with Gasteiger partial charge in [-0.25, -0.2) is 0 Å². The van der Waals surface area contributed by atoms with Crippen molar-refractivity contribution < 1.29 is 28.6 Å². The van der Waals surface area contributed by atoms with Crippen LogP contribution >= 0.6 is 0 Å². The zero-order valence-electron chi connectivity index (χ0n) is 42.2. The molecule has 0 aromatic heterocycles. The van der Waals surface area contributed by atoms with E-state index in [-0.39, 0.29) is 37.5 Å². The first-order valence-corrected chi connectivity index (χ1v) is 26.7. The Balaban J connectivity index is 4.49. The average Bonchev–Trinajstić information content (AvgIpc) is 3.30. The van der Waals surface area contributed by atoms with Crippen molar-refractivity contribution in [1.29, 1.82) is 0 Å². The van der Waals surface area contributed by atoms with E-state index < -0.39 is 6.10 Å². The molecule has 0 aliphatic rings. The SMILES string of the molecule is CC/C=C\C/C=C\C/C=C\C/C=C\CCCCCCC(=O)OCC(COC(=O)CCCCCCCCCCCCCCCCC)OC(=O)CCCC/C=C\C/C=C\C/C=C\C/C=C\CC. The Kier molecular flexibility index (Phi) is 50.0. The number of hydrogen-bond donors (Lipinski definition) is 0. The second-order valence-electron chi connectivity index (χ2n) is 17.4. The maximum Gasteiger partial charge on any atom is 0.306 e. The summed E-state index contributed by atoms with van der Waals surface area (Å²) >= 11 is 0. The predicted octanol–water partition coefficient (Wildman–Crippen LogP) is 17.8. The molecule has 1 unspecified atom stereocenters. The summed E-state index contributed by atoms with van der Waals surface area (Å²) < 4.78 is 16.8. The van der Waals surface area contributed by atoms with Crippen molar-refractivity contribution >= 4 is 17.9 Å². The quantitative estimate of drug-likeness (QED) is 0.0262. The van der Waals surface area contributed by atoms with Crippen molar-refractivity contribution in [3.63, 3.8) is 0 Å². The van der Waals surface area contributed by atoms with Gasteiger partial charge in [-0.3, -0.25) is 14.4 Å². The minimum Gasteiger partial charge on any atom is -0.462 e. The molecule has 1 atom stereocenters. The van der Waals surface area contributed by atoms with Gasteiger partial charge in [0.05, 0.1) is 0 Å². The molecule has 0 bridgehead atoms. The molecule has 0 fully saturated rings. The van der Waals surface area contributed by atoms with E-state index in [1.54, 1.807) is 0 Å². The molecule has 6 heteroatoms. The third kappa shape index (κ3) is 51.2. The smallest absolute Gasteiger partial charge is 0.306 e. The van der Waals surface area contributed by atoms with Gasteiger partial charge in [-0.05, 0) is 96.3 Å². The number of allylic oxidation sites excluding steroid dienone is 16.